The number of aliphatic hydroxyl groups excluding tert-OH is 1. The maximum absolute atomic E-state index is 11.8. The van der Waals surface area contributed by atoms with Crippen molar-refractivity contribution in [3.63, 3.8) is 0 Å². The molecule has 100 valence electrons. The molecule has 0 atom stereocenters. The summed E-state index contributed by atoms with van der Waals surface area (Å²) in [6.07, 6.45) is 2.10. The zero-order valence-electron chi connectivity index (χ0n) is 11.5. The van der Waals surface area contributed by atoms with E-state index in [1.165, 1.54) is 0 Å². The first kappa shape index (κ1) is 14.5. The topological polar surface area (TPSA) is 52.6 Å². The Bertz CT molecular complexity index is 255. The van der Waals surface area contributed by atoms with Crippen molar-refractivity contribution in [2.45, 2.75) is 51.7 Å². The molecule has 0 aromatic carbocycles. The Kier molecular flexibility index (Phi) is 4.95. The molecule has 1 aliphatic rings. The Morgan fingerprint density at radius 1 is 1.41 bits per heavy atom. The summed E-state index contributed by atoms with van der Waals surface area (Å²) in [6.45, 7) is 7.79. The average molecular weight is 242 g/mol. The molecule has 0 aliphatic heterocycles. The lowest BCUT2D eigenvalue weighted by atomic mass is 9.82. The van der Waals surface area contributed by atoms with Gasteiger partial charge in [0, 0.05) is 32.1 Å². The van der Waals surface area contributed by atoms with Crippen molar-refractivity contribution in [3.05, 3.63) is 0 Å². The lowest BCUT2D eigenvalue weighted by molar-refractivity contribution is -0.131. The van der Waals surface area contributed by atoms with Crippen molar-refractivity contribution >= 4 is 5.91 Å². The van der Waals surface area contributed by atoms with Crippen LogP contribution in [-0.4, -0.2) is 47.7 Å². The summed E-state index contributed by atoms with van der Waals surface area (Å²) < 4.78 is 0. The molecule has 0 saturated heterocycles. The number of rotatable bonds is 5. The van der Waals surface area contributed by atoms with Crippen LogP contribution in [0.1, 0.15) is 40.0 Å². The Hall–Kier alpha value is -0.610. The van der Waals surface area contributed by atoms with E-state index in [-0.39, 0.29) is 17.6 Å². The summed E-state index contributed by atoms with van der Waals surface area (Å²) in [5, 5.41) is 12.5. The van der Waals surface area contributed by atoms with E-state index < -0.39 is 0 Å². The quantitative estimate of drug-likeness (QED) is 0.756. The molecule has 0 spiro atoms. The second-order valence-electron chi connectivity index (χ2n) is 6.19. The van der Waals surface area contributed by atoms with E-state index in [2.05, 4.69) is 26.1 Å². The first-order valence-electron chi connectivity index (χ1n) is 6.45. The van der Waals surface area contributed by atoms with Gasteiger partial charge in [-0.3, -0.25) is 4.79 Å². The van der Waals surface area contributed by atoms with Crippen LogP contribution >= 0.6 is 0 Å². The van der Waals surface area contributed by atoms with Gasteiger partial charge in [-0.05, 0) is 39.5 Å². The van der Waals surface area contributed by atoms with E-state index in [4.69, 9.17) is 0 Å². The number of carbonyl (C=O) groups excluding carboxylic acids is 1. The highest BCUT2D eigenvalue weighted by Crippen LogP contribution is 2.27. The predicted molar refractivity (Wildman–Crippen MR) is 68.7 cm³/mol. The first-order valence-corrected chi connectivity index (χ1v) is 6.45. The third kappa shape index (κ3) is 5.50. The van der Waals surface area contributed by atoms with Crippen molar-refractivity contribution in [2.24, 2.45) is 5.92 Å². The SMILES string of the molecule is CN(CC1CC(O)C1)C(=O)CCNC(C)(C)C. The number of amides is 1. The molecule has 1 saturated carbocycles. The summed E-state index contributed by atoms with van der Waals surface area (Å²) in [5.41, 5.74) is 0.0664. The summed E-state index contributed by atoms with van der Waals surface area (Å²) >= 11 is 0. The monoisotopic (exact) mass is 242 g/mol. The minimum atomic E-state index is -0.133. The average Bonchev–Trinajstić information content (AvgIpc) is 2.13. The fraction of sp³-hybridized carbons (Fsp3) is 0.923. The molecule has 1 aliphatic carbocycles. The fourth-order valence-electron chi connectivity index (χ4n) is 2.07. The standard InChI is InChI=1S/C13H26N2O2/c1-13(2,3)14-6-5-12(17)15(4)9-10-7-11(16)8-10/h10-11,14,16H,5-9H2,1-4H3. The van der Waals surface area contributed by atoms with Crippen LogP contribution in [0.15, 0.2) is 0 Å². The van der Waals surface area contributed by atoms with Crippen LogP contribution in [-0.2, 0) is 4.79 Å². The molecule has 1 fully saturated rings. The van der Waals surface area contributed by atoms with Crippen molar-refractivity contribution in [2.75, 3.05) is 20.1 Å². The number of nitrogens with one attached hydrogen (secondary N) is 1. The first-order chi connectivity index (χ1) is 7.78. The number of hydrogen-bond acceptors (Lipinski definition) is 3. The third-order valence-corrected chi connectivity index (χ3v) is 3.16. The minimum absolute atomic E-state index is 0.0664. The van der Waals surface area contributed by atoms with Crippen LogP contribution in [0.5, 0.6) is 0 Å². The summed E-state index contributed by atoms with van der Waals surface area (Å²) in [5.74, 6) is 0.678. The smallest absolute Gasteiger partial charge is 0.223 e. The van der Waals surface area contributed by atoms with Gasteiger partial charge in [-0.1, -0.05) is 0 Å². The maximum Gasteiger partial charge on any atom is 0.223 e. The van der Waals surface area contributed by atoms with Gasteiger partial charge in [0.05, 0.1) is 6.10 Å². The Morgan fingerprint density at radius 3 is 2.47 bits per heavy atom. The molecule has 0 unspecified atom stereocenters. The second kappa shape index (κ2) is 5.83. The molecule has 1 rings (SSSR count). The van der Waals surface area contributed by atoms with Gasteiger partial charge in [0.1, 0.15) is 0 Å². The number of carbonyl (C=O) groups is 1. The van der Waals surface area contributed by atoms with Gasteiger partial charge in [0.15, 0.2) is 0 Å². The molecule has 0 aromatic heterocycles. The van der Waals surface area contributed by atoms with Crippen LogP contribution < -0.4 is 5.32 Å². The summed E-state index contributed by atoms with van der Waals surface area (Å²) in [7, 11) is 1.85. The molecule has 0 bridgehead atoms. The number of aliphatic hydroxyl groups is 1. The van der Waals surface area contributed by atoms with E-state index in [1.807, 2.05) is 7.05 Å². The number of nitrogens with zero attached hydrogens (tertiary/aromatic N) is 1. The summed E-state index contributed by atoms with van der Waals surface area (Å²) in [6, 6.07) is 0. The van der Waals surface area contributed by atoms with E-state index in [0.29, 0.717) is 12.3 Å². The van der Waals surface area contributed by atoms with Gasteiger partial charge in [0.2, 0.25) is 5.91 Å². The van der Waals surface area contributed by atoms with E-state index >= 15 is 0 Å². The van der Waals surface area contributed by atoms with E-state index in [1.54, 1.807) is 4.90 Å². The highest BCUT2D eigenvalue weighted by Gasteiger charge is 2.28. The van der Waals surface area contributed by atoms with Crippen molar-refractivity contribution in [1.82, 2.24) is 10.2 Å². The zero-order valence-corrected chi connectivity index (χ0v) is 11.5. The normalized spacial score (nSPS) is 24.3. The van der Waals surface area contributed by atoms with Crippen LogP contribution in [0.2, 0.25) is 0 Å². The second-order valence-corrected chi connectivity index (χ2v) is 6.19. The molecular weight excluding hydrogens is 216 g/mol. The summed E-state index contributed by atoms with van der Waals surface area (Å²) in [4.78, 5) is 13.6. The molecule has 1 amide bonds. The fourth-order valence-corrected chi connectivity index (χ4v) is 2.07. The Balaban J connectivity index is 2.14. The lowest BCUT2D eigenvalue weighted by Gasteiger charge is -2.34. The van der Waals surface area contributed by atoms with E-state index in [9.17, 15) is 9.90 Å². The molecule has 0 radical (unpaired) electrons. The zero-order chi connectivity index (χ0) is 13.1. The van der Waals surface area contributed by atoms with Crippen LogP contribution in [0.3, 0.4) is 0 Å². The third-order valence-electron chi connectivity index (χ3n) is 3.16. The number of hydrogen-bond donors (Lipinski definition) is 2. The van der Waals surface area contributed by atoms with Crippen LogP contribution in [0, 0.1) is 5.92 Å². The van der Waals surface area contributed by atoms with Gasteiger partial charge < -0.3 is 15.3 Å². The predicted octanol–water partition coefficient (Wildman–Crippen LogP) is 0.994. The molecule has 0 aromatic rings. The maximum atomic E-state index is 11.8. The van der Waals surface area contributed by atoms with Gasteiger partial charge in [-0.15, -0.1) is 0 Å². The Morgan fingerprint density at radius 2 is 2.00 bits per heavy atom. The molecule has 2 N–H and O–H groups in total. The molecule has 0 heterocycles. The largest absolute Gasteiger partial charge is 0.393 e. The van der Waals surface area contributed by atoms with E-state index in [0.717, 1.165) is 25.9 Å². The van der Waals surface area contributed by atoms with Crippen LogP contribution in [0.4, 0.5) is 0 Å². The van der Waals surface area contributed by atoms with Gasteiger partial charge in [0.25, 0.3) is 0 Å². The minimum Gasteiger partial charge on any atom is -0.393 e. The molecule has 4 heteroatoms. The molecular formula is C13H26N2O2. The lowest BCUT2D eigenvalue weighted by Crippen LogP contribution is -2.42. The molecule has 4 nitrogen and oxygen atoms in total. The van der Waals surface area contributed by atoms with Crippen molar-refractivity contribution in [1.29, 1.82) is 0 Å². The van der Waals surface area contributed by atoms with Gasteiger partial charge in [-0.2, -0.15) is 0 Å². The highest BCUT2D eigenvalue weighted by molar-refractivity contribution is 5.76. The van der Waals surface area contributed by atoms with Crippen molar-refractivity contribution in [3.8, 4) is 0 Å². The molecule has 17 heavy (non-hydrogen) atoms. The van der Waals surface area contributed by atoms with Gasteiger partial charge in [-0.25, -0.2) is 0 Å². The highest BCUT2D eigenvalue weighted by atomic mass is 16.3. The van der Waals surface area contributed by atoms with Crippen molar-refractivity contribution < 1.29 is 9.90 Å². The van der Waals surface area contributed by atoms with Gasteiger partial charge >= 0.3 is 0 Å². The van der Waals surface area contributed by atoms with Crippen LogP contribution in [0.25, 0.3) is 0 Å². The Labute approximate surface area is 104 Å².